The Kier molecular flexibility index (Phi) is 4.63. The summed E-state index contributed by atoms with van der Waals surface area (Å²) in [5.74, 6) is 0.0470. The van der Waals surface area contributed by atoms with Crippen LogP contribution < -0.4 is 0 Å². The standard InChI is InChI=1S/C11H15NO3/c1-2-6-12(7-5-11(13)14)9-10-4-3-8-15-10/h2-4,8H,1,5-7,9H2,(H,13,14). The fourth-order valence-corrected chi connectivity index (χ4v) is 1.29. The van der Waals surface area contributed by atoms with Crippen LogP contribution in [0.25, 0.3) is 0 Å². The molecule has 0 aliphatic heterocycles. The lowest BCUT2D eigenvalue weighted by atomic mass is 10.3. The maximum absolute atomic E-state index is 10.4. The van der Waals surface area contributed by atoms with E-state index in [0.29, 0.717) is 19.6 Å². The smallest absolute Gasteiger partial charge is 0.304 e. The van der Waals surface area contributed by atoms with Crippen molar-refractivity contribution >= 4 is 5.97 Å². The second kappa shape index (κ2) is 6.03. The Morgan fingerprint density at radius 2 is 2.47 bits per heavy atom. The number of carbonyl (C=O) groups is 1. The number of furan rings is 1. The molecule has 0 radical (unpaired) electrons. The number of nitrogens with zero attached hydrogens (tertiary/aromatic N) is 1. The number of hydrogen-bond acceptors (Lipinski definition) is 3. The SMILES string of the molecule is C=CCN(CCC(=O)O)Cc1ccco1. The van der Waals surface area contributed by atoms with Gasteiger partial charge in [0.05, 0.1) is 19.2 Å². The second-order valence-corrected chi connectivity index (χ2v) is 3.25. The largest absolute Gasteiger partial charge is 0.481 e. The third-order valence-electron chi connectivity index (χ3n) is 1.99. The van der Waals surface area contributed by atoms with Gasteiger partial charge in [-0.3, -0.25) is 9.69 Å². The van der Waals surface area contributed by atoms with Crippen molar-refractivity contribution < 1.29 is 14.3 Å². The Bertz CT molecular complexity index is 306. The summed E-state index contributed by atoms with van der Waals surface area (Å²) >= 11 is 0. The van der Waals surface area contributed by atoms with Gasteiger partial charge in [-0.1, -0.05) is 6.08 Å². The van der Waals surface area contributed by atoms with E-state index in [0.717, 1.165) is 5.76 Å². The van der Waals surface area contributed by atoms with Crippen LogP contribution in [-0.2, 0) is 11.3 Å². The van der Waals surface area contributed by atoms with Crippen LogP contribution in [0, 0.1) is 0 Å². The zero-order valence-electron chi connectivity index (χ0n) is 8.56. The van der Waals surface area contributed by atoms with Crippen molar-refractivity contribution in [2.75, 3.05) is 13.1 Å². The Balaban J connectivity index is 2.42. The number of carboxylic acids is 1. The van der Waals surface area contributed by atoms with Crippen LogP contribution in [0.2, 0.25) is 0 Å². The van der Waals surface area contributed by atoms with Crippen LogP contribution in [0.3, 0.4) is 0 Å². The van der Waals surface area contributed by atoms with Crippen molar-refractivity contribution in [3.63, 3.8) is 0 Å². The van der Waals surface area contributed by atoms with Crippen molar-refractivity contribution in [3.05, 3.63) is 36.8 Å². The molecule has 0 aliphatic carbocycles. The summed E-state index contributed by atoms with van der Waals surface area (Å²) in [5.41, 5.74) is 0. The van der Waals surface area contributed by atoms with Crippen molar-refractivity contribution in [1.29, 1.82) is 0 Å². The number of rotatable bonds is 7. The van der Waals surface area contributed by atoms with E-state index in [4.69, 9.17) is 9.52 Å². The fraction of sp³-hybridized carbons (Fsp3) is 0.364. The molecule has 0 spiro atoms. The molecule has 0 saturated heterocycles. The highest BCUT2D eigenvalue weighted by molar-refractivity contribution is 5.66. The number of hydrogen-bond donors (Lipinski definition) is 1. The van der Waals surface area contributed by atoms with Crippen LogP contribution >= 0.6 is 0 Å². The Hall–Kier alpha value is -1.55. The van der Waals surface area contributed by atoms with Gasteiger partial charge in [-0.25, -0.2) is 0 Å². The molecule has 15 heavy (non-hydrogen) atoms. The zero-order valence-corrected chi connectivity index (χ0v) is 8.56. The lowest BCUT2D eigenvalue weighted by molar-refractivity contribution is -0.137. The van der Waals surface area contributed by atoms with E-state index < -0.39 is 5.97 Å². The predicted molar refractivity (Wildman–Crippen MR) is 56.4 cm³/mol. The van der Waals surface area contributed by atoms with Gasteiger partial charge in [-0.2, -0.15) is 0 Å². The monoisotopic (exact) mass is 209 g/mol. The summed E-state index contributed by atoms with van der Waals surface area (Å²) < 4.78 is 5.19. The molecule has 4 nitrogen and oxygen atoms in total. The third-order valence-corrected chi connectivity index (χ3v) is 1.99. The third kappa shape index (κ3) is 4.46. The molecule has 0 unspecified atom stereocenters. The second-order valence-electron chi connectivity index (χ2n) is 3.25. The average molecular weight is 209 g/mol. The van der Waals surface area contributed by atoms with Crippen molar-refractivity contribution in [2.24, 2.45) is 0 Å². The lowest BCUT2D eigenvalue weighted by Gasteiger charge is -2.17. The maximum Gasteiger partial charge on any atom is 0.304 e. The number of carboxylic acid groups (broad SMARTS) is 1. The summed E-state index contributed by atoms with van der Waals surface area (Å²) in [7, 11) is 0. The van der Waals surface area contributed by atoms with Crippen LogP contribution in [0.4, 0.5) is 0 Å². The van der Waals surface area contributed by atoms with Gasteiger partial charge in [0.2, 0.25) is 0 Å². The van der Waals surface area contributed by atoms with Gasteiger partial charge in [0.15, 0.2) is 0 Å². The van der Waals surface area contributed by atoms with Crippen LogP contribution in [0.15, 0.2) is 35.5 Å². The zero-order chi connectivity index (χ0) is 11.1. The van der Waals surface area contributed by atoms with E-state index >= 15 is 0 Å². The van der Waals surface area contributed by atoms with E-state index in [-0.39, 0.29) is 6.42 Å². The molecule has 0 saturated carbocycles. The molecule has 0 aliphatic rings. The van der Waals surface area contributed by atoms with Crippen molar-refractivity contribution in [3.8, 4) is 0 Å². The van der Waals surface area contributed by atoms with Crippen molar-refractivity contribution in [2.45, 2.75) is 13.0 Å². The minimum atomic E-state index is -0.788. The van der Waals surface area contributed by atoms with E-state index in [9.17, 15) is 4.79 Å². The topological polar surface area (TPSA) is 53.7 Å². The van der Waals surface area contributed by atoms with Gasteiger partial charge < -0.3 is 9.52 Å². The first-order chi connectivity index (χ1) is 7.22. The molecule has 1 aromatic heterocycles. The quantitative estimate of drug-likeness (QED) is 0.695. The van der Waals surface area contributed by atoms with Gasteiger partial charge in [0.25, 0.3) is 0 Å². The summed E-state index contributed by atoms with van der Waals surface area (Å²) in [6.45, 7) is 5.42. The Morgan fingerprint density at radius 1 is 1.67 bits per heavy atom. The molecule has 0 fully saturated rings. The molecule has 1 heterocycles. The maximum atomic E-state index is 10.4. The van der Waals surface area contributed by atoms with E-state index in [1.54, 1.807) is 12.3 Å². The van der Waals surface area contributed by atoms with Gasteiger partial charge >= 0.3 is 5.97 Å². The molecular formula is C11H15NO3. The molecule has 0 atom stereocenters. The van der Waals surface area contributed by atoms with Crippen molar-refractivity contribution in [1.82, 2.24) is 4.90 Å². The summed E-state index contributed by atoms with van der Waals surface area (Å²) in [6, 6.07) is 3.69. The van der Waals surface area contributed by atoms with Gasteiger partial charge in [-0.05, 0) is 12.1 Å². The fourth-order valence-electron chi connectivity index (χ4n) is 1.29. The van der Waals surface area contributed by atoms with Gasteiger partial charge in [-0.15, -0.1) is 6.58 Å². The summed E-state index contributed by atoms with van der Waals surface area (Å²) in [4.78, 5) is 12.4. The van der Waals surface area contributed by atoms with Crippen LogP contribution in [-0.4, -0.2) is 29.1 Å². The molecule has 0 aromatic carbocycles. The molecule has 1 rings (SSSR count). The molecule has 1 N–H and O–H groups in total. The molecule has 4 heteroatoms. The first-order valence-corrected chi connectivity index (χ1v) is 4.80. The number of aliphatic carboxylic acids is 1. The average Bonchev–Trinajstić information content (AvgIpc) is 2.67. The Labute approximate surface area is 88.8 Å². The highest BCUT2D eigenvalue weighted by atomic mass is 16.4. The van der Waals surface area contributed by atoms with E-state index in [1.807, 2.05) is 17.0 Å². The van der Waals surface area contributed by atoms with Gasteiger partial charge in [0, 0.05) is 13.1 Å². The normalized spacial score (nSPS) is 10.5. The minimum absolute atomic E-state index is 0.133. The first-order valence-electron chi connectivity index (χ1n) is 4.80. The highest BCUT2D eigenvalue weighted by Gasteiger charge is 2.08. The summed E-state index contributed by atoms with van der Waals surface area (Å²) in [6.07, 6.45) is 3.50. The molecule has 0 amide bonds. The predicted octanol–water partition coefficient (Wildman–Crippen LogP) is 1.74. The molecule has 0 bridgehead atoms. The van der Waals surface area contributed by atoms with E-state index in [2.05, 4.69) is 6.58 Å². The minimum Gasteiger partial charge on any atom is -0.481 e. The first kappa shape index (κ1) is 11.5. The van der Waals surface area contributed by atoms with Gasteiger partial charge in [0.1, 0.15) is 5.76 Å². The lowest BCUT2D eigenvalue weighted by Crippen LogP contribution is -2.25. The van der Waals surface area contributed by atoms with E-state index in [1.165, 1.54) is 0 Å². The van der Waals surface area contributed by atoms with Crippen LogP contribution in [0.5, 0.6) is 0 Å². The van der Waals surface area contributed by atoms with Crippen LogP contribution in [0.1, 0.15) is 12.2 Å². The summed E-state index contributed by atoms with van der Waals surface area (Å²) in [5, 5.41) is 8.58. The molecular weight excluding hydrogens is 194 g/mol. The Morgan fingerprint density at radius 3 is 3.00 bits per heavy atom. The molecule has 82 valence electrons. The highest BCUT2D eigenvalue weighted by Crippen LogP contribution is 2.05. The molecule has 1 aromatic rings.